The third-order valence-electron chi connectivity index (χ3n) is 5.20. The first-order valence-electron chi connectivity index (χ1n) is 9.36. The second kappa shape index (κ2) is 6.70. The van der Waals surface area contributed by atoms with Crippen LogP contribution in [0.3, 0.4) is 0 Å². The molecule has 0 atom stereocenters. The number of aromatic amines is 1. The Morgan fingerprint density at radius 3 is 2.73 bits per heavy atom. The monoisotopic (exact) mass is 398 g/mol. The van der Waals surface area contributed by atoms with Crippen molar-refractivity contribution in [3.63, 3.8) is 0 Å². The van der Waals surface area contributed by atoms with Crippen LogP contribution < -0.4 is 4.90 Å². The summed E-state index contributed by atoms with van der Waals surface area (Å²) in [4.78, 5) is 25.5. The Kier molecular flexibility index (Phi) is 3.99. The van der Waals surface area contributed by atoms with Gasteiger partial charge in [-0.3, -0.25) is 9.67 Å². The molecule has 0 radical (unpaired) electrons. The molecule has 30 heavy (non-hydrogen) atoms. The van der Waals surface area contributed by atoms with Crippen molar-refractivity contribution in [1.29, 1.82) is 0 Å². The van der Waals surface area contributed by atoms with Crippen LogP contribution in [0, 0.1) is 0 Å². The van der Waals surface area contributed by atoms with Gasteiger partial charge in [-0.1, -0.05) is 18.2 Å². The molecule has 0 bridgehead atoms. The fourth-order valence-corrected chi connectivity index (χ4v) is 3.79. The predicted octanol–water partition coefficient (Wildman–Crippen LogP) is 3.98. The number of anilines is 2. The topological polar surface area (TPSA) is 99.9 Å². The molecule has 0 spiro atoms. The van der Waals surface area contributed by atoms with Crippen LogP contribution in [0.25, 0.3) is 33.3 Å². The van der Waals surface area contributed by atoms with Crippen molar-refractivity contribution in [3.05, 3.63) is 66.5 Å². The zero-order valence-electron chi connectivity index (χ0n) is 16.4. The van der Waals surface area contributed by atoms with E-state index in [2.05, 4.69) is 15.0 Å². The van der Waals surface area contributed by atoms with Crippen LogP contribution in [0.5, 0.6) is 0 Å². The lowest BCUT2D eigenvalue weighted by atomic mass is 10.1. The molecule has 1 aromatic carbocycles. The highest BCUT2D eigenvalue weighted by Gasteiger charge is 2.19. The molecule has 0 aliphatic rings. The molecule has 0 aliphatic carbocycles. The molecule has 8 heteroatoms. The SMILES string of the molecule is CN(c1ccccn1)c1cccc2c(-c3cc4nccc(C(=O)O)c4[nH]3)nn(C)c12. The van der Waals surface area contributed by atoms with Crippen LogP contribution in [0.4, 0.5) is 11.5 Å². The molecule has 0 aliphatic heterocycles. The summed E-state index contributed by atoms with van der Waals surface area (Å²) in [5.41, 5.74) is 4.62. The Hall–Kier alpha value is -4.20. The van der Waals surface area contributed by atoms with Crippen molar-refractivity contribution >= 4 is 39.4 Å². The Balaban J connectivity index is 1.70. The molecule has 5 rings (SSSR count). The minimum atomic E-state index is -0.999. The van der Waals surface area contributed by atoms with Gasteiger partial charge >= 0.3 is 5.97 Å². The van der Waals surface area contributed by atoms with Crippen LogP contribution in [-0.2, 0) is 7.05 Å². The lowest BCUT2D eigenvalue weighted by Crippen LogP contribution is -2.12. The number of aryl methyl sites for hydroxylation is 1. The minimum Gasteiger partial charge on any atom is -0.478 e. The number of nitrogens with one attached hydrogen (secondary N) is 1. The smallest absolute Gasteiger partial charge is 0.337 e. The second-order valence-corrected chi connectivity index (χ2v) is 7.00. The number of carboxylic acids is 1. The summed E-state index contributed by atoms with van der Waals surface area (Å²) in [6, 6.07) is 15.1. The molecule has 8 nitrogen and oxygen atoms in total. The number of carbonyl (C=O) groups is 1. The standard InChI is InChI=1S/C22H18N6O2/c1-27(18-8-3-4-10-24-18)17-7-5-6-13-20(26-28(2)21(13)17)16-12-15-19(25-16)14(22(29)30)9-11-23-15/h3-12,25H,1-2H3,(H,29,30). The van der Waals surface area contributed by atoms with Crippen molar-refractivity contribution in [2.45, 2.75) is 0 Å². The van der Waals surface area contributed by atoms with Crippen molar-refractivity contribution in [1.82, 2.24) is 24.7 Å². The molecule has 4 heterocycles. The maximum absolute atomic E-state index is 11.6. The van der Waals surface area contributed by atoms with Gasteiger partial charge in [-0.25, -0.2) is 9.78 Å². The Bertz CT molecular complexity index is 1400. The third kappa shape index (κ3) is 2.69. The first-order chi connectivity index (χ1) is 14.5. The van der Waals surface area contributed by atoms with E-state index in [1.165, 1.54) is 12.3 Å². The van der Waals surface area contributed by atoms with Gasteiger partial charge in [0.15, 0.2) is 0 Å². The summed E-state index contributed by atoms with van der Waals surface area (Å²) in [5.74, 6) is -0.172. The number of fused-ring (bicyclic) bond motifs is 2. The molecule has 0 unspecified atom stereocenters. The van der Waals surface area contributed by atoms with E-state index in [9.17, 15) is 9.90 Å². The number of hydrogen-bond acceptors (Lipinski definition) is 5. The Morgan fingerprint density at radius 1 is 1.10 bits per heavy atom. The van der Waals surface area contributed by atoms with Gasteiger partial charge in [0.1, 0.15) is 11.5 Å². The number of aromatic nitrogens is 5. The van der Waals surface area contributed by atoms with E-state index in [1.807, 2.05) is 66.1 Å². The van der Waals surface area contributed by atoms with Crippen LogP contribution in [0.1, 0.15) is 10.4 Å². The number of carboxylic acid groups (broad SMARTS) is 1. The fraction of sp³-hybridized carbons (Fsp3) is 0.0909. The molecule has 2 N–H and O–H groups in total. The number of aromatic carboxylic acids is 1. The fourth-order valence-electron chi connectivity index (χ4n) is 3.79. The maximum atomic E-state index is 11.6. The Labute approximate surface area is 171 Å². The minimum absolute atomic E-state index is 0.182. The highest BCUT2D eigenvalue weighted by Crippen LogP contribution is 2.36. The number of nitrogens with zero attached hydrogens (tertiary/aromatic N) is 5. The normalized spacial score (nSPS) is 11.3. The van der Waals surface area contributed by atoms with Gasteiger partial charge in [-0.2, -0.15) is 5.10 Å². The molecule has 0 saturated carbocycles. The highest BCUT2D eigenvalue weighted by molar-refractivity contribution is 6.05. The highest BCUT2D eigenvalue weighted by atomic mass is 16.4. The van der Waals surface area contributed by atoms with Gasteiger partial charge in [-0.05, 0) is 30.3 Å². The van der Waals surface area contributed by atoms with Gasteiger partial charge in [0, 0.05) is 31.9 Å². The maximum Gasteiger partial charge on any atom is 0.337 e. The first kappa shape index (κ1) is 17.9. The summed E-state index contributed by atoms with van der Waals surface area (Å²) < 4.78 is 1.83. The molecule has 148 valence electrons. The summed E-state index contributed by atoms with van der Waals surface area (Å²) >= 11 is 0. The first-order valence-corrected chi connectivity index (χ1v) is 9.36. The van der Waals surface area contributed by atoms with Crippen LogP contribution in [0.2, 0.25) is 0 Å². The number of para-hydroxylation sites is 1. The molecule has 0 saturated heterocycles. The average molecular weight is 398 g/mol. The number of pyridine rings is 2. The predicted molar refractivity (Wildman–Crippen MR) is 115 cm³/mol. The summed E-state index contributed by atoms with van der Waals surface area (Å²) in [6.07, 6.45) is 3.26. The quantitative estimate of drug-likeness (QED) is 0.475. The van der Waals surface area contributed by atoms with Crippen molar-refractivity contribution < 1.29 is 9.90 Å². The van der Waals surface area contributed by atoms with E-state index < -0.39 is 5.97 Å². The van der Waals surface area contributed by atoms with Crippen LogP contribution >= 0.6 is 0 Å². The summed E-state index contributed by atoms with van der Waals surface area (Å²) in [7, 11) is 3.86. The van der Waals surface area contributed by atoms with E-state index in [1.54, 1.807) is 6.20 Å². The van der Waals surface area contributed by atoms with E-state index in [0.29, 0.717) is 11.0 Å². The Morgan fingerprint density at radius 2 is 1.97 bits per heavy atom. The number of H-pyrrole nitrogens is 1. The summed E-state index contributed by atoms with van der Waals surface area (Å²) in [5, 5.41) is 15.1. The number of hydrogen-bond donors (Lipinski definition) is 2. The molecule has 0 amide bonds. The molecular weight excluding hydrogens is 380 g/mol. The van der Waals surface area contributed by atoms with Gasteiger partial charge in [0.25, 0.3) is 0 Å². The van der Waals surface area contributed by atoms with Crippen molar-refractivity contribution in [2.24, 2.45) is 7.05 Å². The van der Waals surface area contributed by atoms with Crippen molar-refractivity contribution in [3.8, 4) is 11.4 Å². The van der Waals surface area contributed by atoms with E-state index in [4.69, 9.17) is 5.10 Å². The lowest BCUT2D eigenvalue weighted by Gasteiger charge is -2.19. The van der Waals surface area contributed by atoms with Gasteiger partial charge < -0.3 is 15.0 Å². The van der Waals surface area contributed by atoms with Crippen LogP contribution in [-0.4, -0.2) is 42.9 Å². The summed E-state index contributed by atoms with van der Waals surface area (Å²) in [6.45, 7) is 0. The number of benzene rings is 1. The van der Waals surface area contributed by atoms with E-state index in [-0.39, 0.29) is 5.56 Å². The number of rotatable bonds is 4. The van der Waals surface area contributed by atoms with Crippen molar-refractivity contribution in [2.75, 3.05) is 11.9 Å². The second-order valence-electron chi connectivity index (χ2n) is 7.00. The van der Waals surface area contributed by atoms with Gasteiger partial charge in [0.05, 0.1) is 33.5 Å². The third-order valence-corrected chi connectivity index (χ3v) is 5.20. The van der Waals surface area contributed by atoms with E-state index >= 15 is 0 Å². The van der Waals surface area contributed by atoms with Gasteiger partial charge in [0.2, 0.25) is 0 Å². The van der Waals surface area contributed by atoms with Gasteiger partial charge in [-0.15, -0.1) is 0 Å². The molecule has 5 aromatic rings. The zero-order chi connectivity index (χ0) is 20.8. The molecular formula is C22H18N6O2. The van der Waals surface area contributed by atoms with E-state index in [0.717, 1.165) is 33.8 Å². The van der Waals surface area contributed by atoms with Crippen LogP contribution in [0.15, 0.2) is 60.9 Å². The zero-order valence-corrected chi connectivity index (χ0v) is 16.4. The average Bonchev–Trinajstić information content (AvgIpc) is 3.34. The molecule has 0 fully saturated rings. The molecule has 4 aromatic heterocycles. The lowest BCUT2D eigenvalue weighted by molar-refractivity contribution is 0.0698. The largest absolute Gasteiger partial charge is 0.478 e.